The summed E-state index contributed by atoms with van der Waals surface area (Å²) in [6, 6.07) is 16.3. The standard InChI is InChI=1S/C20H18ClN3O2S/c1-13-18(14-7-9-16(21)10-8-14)24-20(27-13)23-17(25)11-12-22-19(26)15-5-3-2-4-6-15/h2-10H,11-12H2,1H3,(H,22,26)(H,23,24,25). The Balaban J connectivity index is 1.53. The summed E-state index contributed by atoms with van der Waals surface area (Å²) >= 11 is 7.33. The maximum Gasteiger partial charge on any atom is 0.251 e. The molecule has 7 heteroatoms. The molecule has 0 atom stereocenters. The first-order valence-electron chi connectivity index (χ1n) is 8.39. The van der Waals surface area contributed by atoms with Crippen LogP contribution >= 0.6 is 22.9 Å². The minimum atomic E-state index is -0.196. The number of hydrogen-bond acceptors (Lipinski definition) is 4. The normalized spacial score (nSPS) is 10.4. The van der Waals surface area contributed by atoms with E-state index >= 15 is 0 Å². The summed E-state index contributed by atoms with van der Waals surface area (Å²) < 4.78 is 0. The molecule has 27 heavy (non-hydrogen) atoms. The molecule has 1 heterocycles. The maximum atomic E-state index is 12.1. The lowest BCUT2D eigenvalue weighted by molar-refractivity contribution is -0.116. The molecule has 0 saturated carbocycles. The van der Waals surface area contributed by atoms with Crippen LogP contribution in [0.15, 0.2) is 54.6 Å². The van der Waals surface area contributed by atoms with Gasteiger partial charge in [0.1, 0.15) is 0 Å². The molecule has 2 N–H and O–H groups in total. The molecule has 5 nitrogen and oxygen atoms in total. The summed E-state index contributed by atoms with van der Waals surface area (Å²) in [5, 5.41) is 6.73. The van der Waals surface area contributed by atoms with Gasteiger partial charge in [-0.15, -0.1) is 11.3 Å². The van der Waals surface area contributed by atoms with Crippen LogP contribution in [0.2, 0.25) is 5.02 Å². The van der Waals surface area contributed by atoms with Crippen LogP contribution in [0.4, 0.5) is 5.13 Å². The van der Waals surface area contributed by atoms with Crippen LogP contribution in [-0.2, 0) is 4.79 Å². The topological polar surface area (TPSA) is 71.1 Å². The Labute approximate surface area is 166 Å². The number of hydrogen-bond donors (Lipinski definition) is 2. The van der Waals surface area contributed by atoms with E-state index in [1.165, 1.54) is 11.3 Å². The number of nitrogens with one attached hydrogen (secondary N) is 2. The third kappa shape index (κ3) is 5.15. The van der Waals surface area contributed by atoms with Crippen molar-refractivity contribution < 1.29 is 9.59 Å². The lowest BCUT2D eigenvalue weighted by atomic mass is 10.1. The number of rotatable bonds is 6. The van der Waals surface area contributed by atoms with Crippen LogP contribution in [0.25, 0.3) is 11.3 Å². The molecule has 0 aliphatic heterocycles. The molecule has 0 aliphatic rings. The Hall–Kier alpha value is -2.70. The number of aryl methyl sites for hydroxylation is 1. The molecule has 1 aromatic heterocycles. The van der Waals surface area contributed by atoms with E-state index in [1.807, 2.05) is 37.3 Å². The summed E-state index contributed by atoms with van der Waals surface area (Å²) in [5.41, 5.74) is 2.34. The zero-order valence-electron chi connectivity index (χ0n) is 14.7. The summed E-state index contributed by atoms with van der Waals surface area (Å²) in [4.78, 5) is 29.6. The first-order valence-corrected chi connectivity index (χ1v) is 9.59. The summed E-state index contributed by atoms with van der Waals surface area (Å²) in [6.07, 6.45) is 0.174. The molecule has 3 rings (SSSR count). The maximum absolute atomic E-state index is 12.1. The summed E-state index contributed by atoms with van der Waals surface area (Å²) in [7, 11) is 0. The molecular formula is C20H18ClN3O2S. The van der Waals surface area contributed by atoms with Crippen molar-refractivity contribution in [3.05, 3.63) is 70.1 Å². The zero-order chi connectivity index (χ0) is 19.2. The van der Waals surface area contributed by atoms with Gasteiger partial charge in [-0.05, 0) is 31.2 Å². The molecule has 0 radical (unpaired) electrons. The number of anilines is 1. The first-order chi connectivity index (χ1) is 13.0. The highest BCUT2D eigenvalue weighted by Crippen LogP contribution is 2.31. The van der Waals surface area contributed by atoms with Crippen molar-refractivity contribution in [1.82, 2.24) is 10.3 Å². The molecule has 3 aromatic rings. The number of carbonyl (C=O) groups excluding carboxylic acids is 2. The second-order valence-electron chi connectivity index (χ2n) is 5.85. The van der Waals surface area contributed by atoms with Gasteiger partial charge in [0.15, 0.2) is 5.13 Å². The van der Waals surface area contributed by atoms with Gasteiger partial charge < -0.3 is 10.6 Å². The van der Waals surface area contributed by atoms with Crippen molar-refractivity contribution in [2.24, 2.45) is 0 Å². The van der Waals surface area contributed by atoms with E-state index in [9.17, 15) is 9.59 Å². The molecule has 0 aliphatic carbocycles. The Morgan fingerprint density at radius 3 is 2.48 bits per heavy atom. The number of aromatic nitrogens is 1. The van der Waals surface area contributed by atoms with Crippen molar-refractivity contribution in [3.8, 4) is 11.3 Å². The number of nitrogens with zero attached hydrogens (tertiary/aromatic N) is 1. The third-order valence-electron chi connectivity index (χ3n) is 3.83. The van der Waals surface area contributed by atoms with Crippen LogP contribution in [0.3, 0.4) is 0 Å². The van der Waals surface area contributed by atoms with Gasteiger partial charge in [-0.3, -0.25) is 9.59 Å². The molecular weight excluding hydrogens is 382 g/mol. The van der Waals surface area contributed by atoms with Gasteiger partial charge in [-0.1, -0.05) is 41.9 Å². The van der Waals surface area contributed by atoms with E-state index in [0.717, 1.165) is 16.1 Å². The average molecular weight is 400 g/mol. The largest absolute Gasteiger partial charge is 0.352 e. The fourth-order valence-electron chi connectivity index (χ4n) is 2.49. The van der Waals surface area contributed by atoms with Crippen molar-refractivity contribution in [2.75, 3.05) is 11.9 Å². The van der Waals surface area contributed by atoms with Gasteiger partial charge in [-0.2, -0.15) is 0 Å². The Morgan fingerprint density at radius 1 is 1.07 bits per heavy atom. The molecule has 0 fully saturated rings. The molecule has 0 spiro atoms. The number of benzene rings is 2. The highest BCUT2D eigenvalue weighted by Gasteiger charge is 2.12. The second kappa shape index (κ2) is 8.79. The van der Waals surface area contributed by atoms with Gasteiger partial charge in [-0.25, -0.2) is 4.98 Å². The molecule has 2 aromatic carbocycles. The average Bonchev–Trinajstić information content (AvgIpc) is 3.03. The van der Waals surface area contributed by atoms with Gasteiger partial charge >= 0.3 is 0 Å². The molecule has 0 bridgehead atoms. The van der Waals surface area contributed by atoms with Gasteiger partial charge in [0.05, 0.1) is 5.69 Å². The Kier molecular flexibility index (Phi) is 6.21. The lowest BCUT2D eigenvalue weighted by Crippen LogP contribution is -2.27. The molecule has 0 unspecified atom stereocenters. The number of halogens is 1. The lowest BCUT2D eigenvalue weighted by Gasteiger charge is -2.05. The monoisotopic (exact) mass is 399 g/mol. The van der Waals surface area contributed by atoms with Crippen molar-refractivity contribution in [2.45, 2.75) is 13.3 Å². The van der Waals surface area contributed by atoms with E-state index in [-0.39, 0.29) is 24.8 Å². The third-order valence-corrected chi connectivity index (χ3v) is 4.97. The van der Waals surface area contributed by atoms with E-state index in [4.69, 9.17) is 11.6 Å². The first kappa shape index (κ1) is 19.1. The van der Waals surface area contributed by atoms with Gasteiger partial charge in [0, 0.05) is 34.0 Å². The van der Waals surface area contributed by atoms with Crippen LogP contribution in [0, 0.1) is 6.92 Å². The highest BCUT2D eigenvalue weighted by atomic mass is 35.5. The minimum absolute atomic E-state index is 0.174. The Bertz CT molecular complexity index is 940. The Morgan fingerprint density at radius 2 is 1.78 bits per heavy atom. The van der Waals surface area contributed by atoms with Crippen LogP contribution in [-0.4, -0.2) is 23.3 Å². The fraction of sp³-hybridized carbons (Fsp3) is 0.150. The SMILES string of the molecule is Cc1sc(NC(=O)CCNC(=O)c2ccccc2)nc1-c1ccc(Cl)cc1. The van der Waals surface area contributed by atoms with Gasteiger partial charge in [0.25, 0.3) is 5.91 Å². The van der Waals surface area contributed by atoms with E-state index in [2.05, 4.69) is 15.6 Å². The van der Waals surface area contributed by atoms with E-state index in [0.29, 0.717) is 15.7 Å². The number of thiazole rings is 1. The molecule has 2 amide bonds. The highest BCUT2D eigenvalue weighted by molar-refractivity contribution is 7.16. The van der Waals surface area contributed by atoms with Crippen LogP contribution in [0.1, 0.15) is 21.7 Å². The van der Waals surface area contributed by atoms with E-state index < -0.39 is 0 Å². The smallest absolute Gasteiger partial charge is 0.251 e. The summed E-state index contributed by atoms with van der Waals surface area (Å²) in [5.74, 6) is -0.390. The quantitative estimate of drug-likeness (QED) is 0.639. The number of carbonyl (C=O) groups is 2. The number of amides is 2. The van der Waals surface area contributed by atoms with Crippen molar-refractivity contribution in [1.29, 1.82) is 0 Å². The summed E-state index contributed by atoms with van der Waals surface area (Å²) in [6.45, 7) is 2.21. The van der Waals surface area contributed by atoms with Crippen LogP contribution in [0.5, 0.6) is 0 Å². The minimum Gasteiger partial charge on any atom is -0.352 e. The van der Waals surface area contributed by atoms with Crippen molar-refractivity contribution in [3.63, 3.8) is 0 Å². The predicted molar refractivity (Wildman–Crippen MR) is 109 cm³/mol. The van der Waals surface area contributed by atoms with Crippen LogP contribution < -0.4 is 10.6 Å². The second-order valence-corrected chi connectivity index (χ2v) is 7.49. The molecule has 138 valence electrons. The fourth-order valence-corrected chi connectivity index (χ4v) is 3.47. The van der Waals surface area contributed by atoms with Gasteiger partial charge in [0.2, 0.25) is 5.91 Å². The van der Waals surface area contributed by atoms with Crippen molar-refractivity contribution >= 4 is 39.9 Å². The zero-order valence-corrected chi connectivity index (χ0v) is 16.2. The predicted octanol–water partition coefficient (Wildman–Crippen LogP) is 4.53. The van der Waals surface area contributed by atoms with E-state index in [1.54, 1.807) is 24.3 Å². The molecule has 0 saturated heterocycles.